The highest BCUT2D eigenvalue weighted by Gasteiger charge is 2.22. The average Bonchev–Trinajstić information content (AvgIpc) is 3.11. The van der Waals surface area contributed by atoms with E-state index in [4.69, 9.17) is 9.47 Å². The molecule has 8 nitrogen and oxygen atoms in total. The maximum atomic E-state index is 12.5. The molecule has 4 rings (SSSR count). The second-order valence-electron chi connectivity index (χ2n) is 6.76. The quantitative estimate of drug-likeness (QED) is 0.783. The molecule has 2 fully saturated rings. The summed E-state index contributed by atoms with van der Waals surface area (Å²) in [6.07, 6.45) is 1.44. The molecule has 2 N–H and O–H groups in total. The number of halogens is 1. The Hall–Kier alpha value is -2.13. The standard InChI is InChI=1S/C19H24N4O4.ClH/c24-18(22-6-9-26-10-7-22)13-23-5-3-14-11-15(1-2-16(14)23)21-19(25)17-12-20-4-8-27-17;/h1-3,5,11,17,20H,4,6-10,12-13H2,(H,21,25);1H. The number of fused-ring (bicyclic) bond motifs is 1. The van der Waals surface area contributed by atoms with Gasteiger partial charge in [-0.15, -0.1) is 12.4 Å². The number of morpholine rings is 2. The zero-order valence-electron chi connectivity index (χ0n) is 15.6. The van der Waals surface area contributed by atoms with Gasteiger partial charge in [0.1, 0.15) is 12.6 Å². The van der Waals surface area contributed by atoms with Gasteiger partial charge in [0.25, 0.3) is 5.91 Å². The van der Waals surface area contributed by atoms with Gasteiger partial charge >= 0.3 is 0 Å². The first kappa shape index (κ1) is 20.6. The Bertz CT molecular complexity index is 828. The molecular formula is C19H25ClN4O4. The topological polar surface area (TPSA) is 84.8 Å². The van der Waals surface area contributed by atoms with Gasteiger partial charge in [0, 0.05) is 49.0 Å². The molecule has 1 unspecified atom stereocenters. The van der Waals surface area contributed by atoms with E-state index in [0.29, 0.717) is 46.0 Å². The van der Waals surface area contributed by atoms with Crippen LogP contribution in [0.1, 0.15) is 0 Å². The molecule has 9 heteroatoms. The first-order chi connectivity index (χ1) is 13.2. The van der Waals surface area contributed by atoms with Crippen LogP contribution in [0.3, 0.4) is 0 Å². The van der Waals surface area contributed by atoms with Crippen LogP contribution in [0.2, 0.25) is 0 Å². The van der Waals surface area contributed by atoms with E-state index in [9.17, 15) is 9.59 Å². The van der Waals surface area contributed by atoms with Gasteiger partial charge in [-0.3, -0.25) is 9.59 Å². The summed E-state index contributed by atoms with van der Waals surface area (Å²) >= 11 is 0. The van der Waals surface area contributed by atoms with Crippen molar-refractivity contribution in [1.82, 2.24) is 14.8 Å². The SMILES string of the molecule is Cl.O=C(Nc1ccc2c(ccn2CC(=O)N2CCOCC2)c1)C1CNCCO1. The molecule has 0 bridgehead atoms. The minimum absolute atomic E-state index is 0. The Morgan fingerprint density at radius 1 is 1.18 bits per heavy atom. The van der Waals surface area contributed by atoms with Crippen LogP contribution in [0.4, 0.5) is 5.69 Å². The van der Waals surface area contributed by atoms with Gasteiger partial charge in [0.15, 0.2) is 0 Å². The van der Waals surface area contributed by atoms with Crippen LogP contribution < -0.4 is 10.6 Å². The van der Waals surface area contributed by atoms with Crippen molar-refractivity contribution >= 4 is 40.8 Å². The van der Waals surface area contributed by atoms with Crippen LogP contribution in [-0.2, 0) is 25.6 Å². The highest BCUT2D eigenvalue weighted by Crippen LogP contribution is 2.21. The predicted molar refractivity (Wildman–Crippen MR) is 108 cm³/mol. The lowest BCUT2D eigenvalue weighted by Crippen LogP contribution is -2.45. The molecule has 0 saturated carbocycles. The number of nitrogens with one attached hydrogen (secondary N) is 2. The second kappa shape index (κ2) is 9.38. The normalized spacial score (nSPS) is 19.9. The minimum Gasteiger partial charge on any atom is -0.378 e. The second-order valence-corrected chi connectivity index (χ2v) is 6.76. The fourth-order valence-electron chi connectivity index (χ4n) is 3.43. The molecule has 2 aromatic rings. The molecule has 2 aliphatic heterocycles. The maximum Gasteiger partial charge on any atom is 0.254 e. The Balaban J connectivity index is 0.00000225. The van der Waals surface area contributed by atoms with Crippen LogP contribution in [0.15, 0.2) is 30.5 Å². The van der Waals surface area contributed by atoms with Gasteiger partial charge in [0.05, 0.1) is 19.8 Å². The zero-order valence-corrected chi connectivity index (χ0v) is 16.4. The van der Waals surface area contributed by atoms with E-state index < -0.39 is 6.10 Å². The summed E-state index contributed by atoms with van der Waals surface area (Å²) < 4.78 is 12.7. The summed E-state index contributed by atoms with van der Waals surface area (Å²) in [6, 6.07) is 7.65. The third kappa shape index (κ3) is 4.64. The van der Waals surface area contributed by atoms with Gasteiger partial charge in [0.2, 0.25) is 5.91 Å². The average molecular weight is 409 g/mol. The lowest BCUT2D eigenvalue weighted by atomic mass is 10.2. The van der Waals surface area contributed by atoms with E-state index in [-0.39, 0.29) is 24.2 Å². The number of aromatic nitrogens is 1. The summed E-state index contributed by atoms with van der Waals surface area (Å²) in [4.78, 5) is 26.6. The summed E-state index contributed by atoms with van der Waals surface area (Å²) in [5.74, 6) is -0.0568. The number of carbonyl (C=O) groups excluding carboxylic acids is 2. The third-order valence-electron chi connectivity index (χ3n) is 4.93. The largest absolute Gasteiger partial charge is 0.378 e. The van der Waals surface area contributed by atoms with Crippen molar-refractivity contribution in [2.24, 2.45) is 0 Å². The Morgan fingerprint density at radius 2 is 2.00 bits per heavy atom. The Morgan fingerprint density at radius 3 is 2.75 bits per heavy atom. The van der Waals surface area contributed by atoms with Gasteiger partial charge in [-0.05, 0) is 24.3 Å². The van der Waals surface area contributed by atoms with Crippen LogP contribution in [0, 0.1) is 0 Å². The molecule has 2 aliphatic rings. The van der Waals surface area contributed by atoms with E-state index >= 15 is 0 Å². The third-order valence-corrected chi connectivity index (χ3v) is 4.93. The summed E-state index contributed by atoms with van der Waals surface area (Å²) in [5.41, 5.74) is 1.68. The van der Waals surface area contributed by atoms with Crippen LogP contribution in [0.5, 0.6) is 0 Å². The number of hydrogen-bond donors (Lipinski definition) is 2. The summed E-state index contributed by atoms with van der Waals surface area (Å²) in [6.45, 7) is 4.62. The molecule has 2 amide bonds. The van der Waals surface area contributed by atoms with Crippen molar-refractivity contribution in [3.05, 3.63) is 30.5 Å². The van der Waals surface area contributed by atoms with E-state index in [2.05, 4.69) is 10.6 Å². The number of rotatable bonds is 4. The minimum atomic E-state index is -0.467. The lowest BCUT2D eigenvalue weighted by molar-refractivity contribution is -0.135. The monoisotopic (exact) mass is 408 g/mol. The molecule has 0 spiro atoms. The summed E-state index contributed by atoms with van der Waals surface area (Å²) in [7, 11) is 0. The highest BCUT2D eigenvalue weighted by molar-refractivity contribution is 5.96. The van der Waals surface area contributed by atoms with Crippen LogP contribution >= 0.6 is 12.4 Å². The number of nitrogens with zero attached hydrogens (tertiary/aromatic N) is 2. The molecule has 0 radical (unpaired) electrons. The first-order valence-electron chi connectivity index (χ1n) is 9.28. The van der Waals surface area contributed by atoms with Gasteiger partial charge in [-0.25, -0.2) is 0 Å². The van der Waals surface area contributed by atoms with E-state index in [0.717, 1.165) is 23.1 Å². The molecule has 1 aromatic carbocycles. The van der Waals surface area contributed by atoms with E-state index in [1.165, 1.54) is 0 Å². The Kier molecular flexibility index (Phi) is 6.90. The van der Waals surface area contributed by atoms with Crippen molar-refractivity contribution in [2.45, 2.75) is 12.6 Å². The van der Waals surface area contributed by atoms with Crippen molar-refractivity contribution in [3.63, 3.8) is 0 Å². The number of hydrogen-bond acceptors (Lipinski definition) is 5. The predicted octanol–water partition coefficient (Wildman–Crippen LogP) is 0.849. The molecule has 28 heavy (non-hydrogen) atoms. The highest BCUT2D eigenvalue weighted by atomic mass is 35.5. The van der Waals surface area contributed by atoms with Gasteiger partial charge < -0.3 is 29.6 Å². The van der Waals surface area contributed by atoms with Crippen LogP contribution in [-0.4, -0.2) is 73.4 Å². The van der Waals surface area contributed by atoms with Gasteiger partial charge in [-0.1, -0.05) is 0 Å². The molecule has 0 aliphatic carbocycles. The van der Waals surface area contributed by atoms with Crippen molar-refractivity contribution in [3.8, 4) is 0 Å². The molecule has 3 heterocycles. The van der Waals surface area contributed by atoms with Gasteiger partial charge in [-0.2, -0.15) is 0 Å². The van der Waals surface area contributed by atoms with E-state index in [1.54, 1.807) is 0 Å². The number of carbonyl (C=O) groups is 2. The van der Waals surface area contributed by atoms with Crippen LogP contribution in [0.25, 0.3) is 10.9 Å². The van der Waals surface area contributed by atoms with E-state index in [1.807, 2.05) is 39.9 Å². The summed E-state index contributed by atoms with van der Waals surface area (Å²) in [5, 5.41) is 7.03. The molecule has 1 atom stereocenters. The molecular weight excluding hydrogens is 384 g/mol. The van der Waals surface area contributed by atoms with Crippen molar-refractivity contribution < 1.29 is 19.1 Å². The fourth-order valence-corrected chi connectivity index (χ4v) is 3.43. The molecule has 1 aromatic heterocycles. The fraction of sp³-hybridized carbons (Fsp3) is 0.474. The zero-order chi connectivity index (χ0) is 18.6. The number of ether oxygens (including phenoxy) is 2. The number of anilines is 1. The molecule has 2 saturated heterocycles. The van der Waals surface area contributed by atoms with Crippen molar-refractivity contribution in [1.29, 1.82) is 0 Å². The smallest absolute Gasteiger partial charge is 0.254 e. The number of benzene rings is 1. The number of amides is 2. The Labute approximate surface area is 169 Å². The lowest BCUT2D eigenvalue weighted by Gasteiger charge is -2.27. The first-order valence-corrected chi connectivity index (χ1v) is 9.28. The molecule has 152 valence electrons. The van der Waals surface area contributed by atoms with Crippen molar-refractivity contribution in [2.75, 3.05) is 51.3 Å². The maximum absolute atomic E-state index is 12.5.